The molecule has 1 aliphatic rings. The predicted molar refractivity (Wildman–Crippen MR) is 82.8 cm³/mol. The largest absolute Gasteiger partial charge is 0.347 e. The topological polar surface area (TPSA) is 70.7 Å². The number of fused-ring (bicyclic) bond motifs is 1. The molecule has 2 atom stereocenters. The number of rotatable bonds is 3. The molecule has 2 aromatic heterocycles. The number of pyridine rings is 1. The van der Waals surface area contributed by atoms with Gasteiger partial charge in [0.15, 0.2) is 0 Å². The first-order chi connectivity index (χ1) is 10.1. The minimum Gasteiger partial charge on any atom is -0.347 e. The number of nitrogens with one attached hydrogen (secondary N) is 2. The number of halogens is 1. The number of aromatic amines is 1. The van der Waals surface area contributed by atoms with E-state index in [1.807, 2.05) is 19.1 Å². The standard InChI is InChI=1S/C15H17BrN4O/c1-9(13-6-5-10(16)7-17-13)19-15(21)11-3-2-4-14-12(11)8-18-20-14/h5-9,11H,2-4H2,1H3,(H,18,20)(H,19,21)/t9-,11+/m1/s1. The van der Waals surface area contributed by atoms with Gasteiger partial charge in [-0.1, -0.05) is 0 Å². The summed E-state index contributed by atoms with van der Waals surface area (Å²) in [5, 5.41) is 10.1. The van der Waals surface area contributed by atoms with Crippen LogP contribution in [0.3, 0.4) is 0 Å². The second-order valence-electron chi connectivity index (χ2n) is 5.38. The van der Waals surface area contributed by atoms with Gasteiger partial charge in [0.1, 0.15) is 0 Å². The molecule has 1 amide bonds. The van der Waals surface area contributed by atoms with Crippen molar-refractivity contribution in [3.8, 4) is 0 Å². The van der Waals surface area contributed by atoms with E-state index in [0.717, 1.165) is 40.7 Å². The smallest absolute Gasteiger partial charge is 0.228 e. The summed E-state index contributed by atoms with van der Waals surface area (Å²) in [5.41, 5.74) is 2.99. The summed E-state index contributed by atoms with van der Waals surface area (Å²) in [6, 6.07) is 3.74. The minimum absolute atomic E-state index is 0.0505. The molecule has 2 aromatic rings. The molecule has 1 aliphatic carbocycles. The lowest BCUT2D eigenvalue weighted by atomic mass is 9.86. The Morgan fingerprint density at radius 3 is 3.10 bits per heavy atom. The summed E-state index contributed by atoms with van der Waals surface area (Å²) in [4.78, 5) is 16.9. The van der Waals surface area contributed by atoms with Gasteiger partial charge in [-0.05, 0) is 54.2 Å². The molecule has 0 radical (unpaired) electrons. The lowest BCUT2D eigenvalue weighted by Crippen LogP contribution is -2.33. The van der Waals surface area contributed by atoms with Crippen molar-refractivity contribution in [1.82, 2.24) is 20.5 Å². The normalized spacial score (nSPS) is 18.9. The molecule has 2 heterocycles. The Kier molecular flexibility index (Phi) is 4.05. The van der Waals surface area contributed by atoms with Crippen molar-refractivity contribution in [2.45, 2.75) is 38.1 Å². The monoisotopic (exact) mass is 348 g/mol. The molecule has 6 heteroatoms. The fraction of sp³-hybridized carbons (Fsp3) is 0.400. The number of hydrogen-bond acceptors (Lipinski definition) is 3. The van der Waals surface area contributed by atoms with E-state index in [-0.39, 0.29) is 17.9 Å². The van der Waals surface area contributed by atoms with Crippen LogP contribution < -0.4 is 5.32 Å². The molecule has 0 bridgehead atoms. The quantitative estimate of drug-likeness (QED) is 0.895. The highest BCUT2D eigenvalue weighted by molar-refractivity contribution is 9.10. The van der Waals surface area contributed by atoms with Gasteiger partial charge in [-0.25, -0.2) is 0 Å². The first-order valence-corrected chi connectivity index (χ1v) is 7.88. The number of amides is 1. The number of carbonyl (C=O) groups excluding carboxylic acids is 1. The Morgan fingerprint density at radius 1 is 1.48 bits per heavy atom. The van der Waals surface area contributed by atoms with Crippen LogP contribution in [0, 0.1) is 0 Å². The van der Waals surface area contributed by atoms with Crippen molar-refractivity contribution in [3.05, 3.63) is 46.0 Å². The Balaban J connectivity index is 1.71. The summed E-state index contributed by atoms with van der Waals surface area (Å²) in [5.74, 6) is -0.0556. The molecule has 21 heavy (non-hydrogen) atoms. The number of hydrogen-bond donors (Lipinski definition) is 2. The predicted octanol–water partition coefficient (Wildman–Crippen LogP) is 2.86. The van der Waals surface area contributed by atoms with Crippen molar-refractivity contribution in [1.29, 1.82) is 0 Å². The Morgan fingerprint density at radius 2 is 2.33 bits per heavy atom. The molecule has 0 spiro atoms. The molecule has 0 saturated heterocycles. The summed E-state index contributed by atoms with van der Waals surface area (Å²) < 4.78 is 0.931. The van der Waals surface area contributed by atoms with Gasteiger partial charge in [-0.3, -0.25) is 14.9 Å². The summed E-state index contributed by atoms with van der Waals surface area (Å²) in [6.45, 7) is 1.95. The Bertz CT molecular complexity index is 637. The van der Waals surface area contributed by atoms with Gasteiger partial charge in [0.05, 0.1) is 23.9 Å². The third kappa shape index (κ3) is 3.00. The second-order valence-corrected chi connectivity index (χ2v) is 6.30. The molecule has 0 saturated carbocycles. The molecule has 0 aromatic carbocycles. The first kappa shape index (κ1) is 14.3. The SMILES string of the molecule is C[C@@H](NC(=O)[C@H]1CCCc2[nH]ncc21)c1ccc(Br)cn1. The van der Waals surface area contributed by atoms with Gasteiger partial charge in [-0.2, -0.15) is 5.10 Å². The van der Waals surface area contributed by atoms with E-state index in [1.54, 1.807) is 12.4 Å². The lowest BCUT2D eigenvalue weighted by Gasteiger charge is -2.23. The van der Waals surface area contributed by atoms with E-state index < -0.39 is 0 Å². The average molecular weight is 349 g/mol. The van der Waals surface area contributed by atoms with Crippen molar-refractivity contribution >= 4 is 21.8 Å². The van der Waals surface area contributed by atoms with Crippen LogP contribution in [0.1, 0.15) is 48.7 Å². The van der Waals surface area contributed by atoms with Crippen LogP contribution in [0.5, 0.6) is 0 Å². The van der Waals surface area contributed by atoms with Crippen LogP contribution in [-0.2, 0) is 11.2 Å². The molecule has 5 nitrogen and oxygen atoms in total. The van der Waals surface area contributed by atoms with E-state index in [4.69, 9.17) is 0 Å². The van der Waals surface area contributed by atoms with Crippen LogP contribution in [0.25, 0.3) is 0 Å². The molecule has 2 N–H and O–H groups in total. The maximum absolute atomic E-state index is 12.5. The van der Waals surface area contributed by atoms with Crippen LogP contribution in [0.4, 0.5) is 0 Å². The van der Waals surface area contributed by atoms with E-state index >= 15 is 0 Å². The van der Waals surface area contributed by atoms with Crippen molar-refractivity contribution in [2.75, 3.05) is 0 Å². The number of carbonyl (C=O) groups is 1. The molecule has 3 rings (SSSR count). The summed E-state index contributed by atoms with van der Waals surface area (Å²) in [6.07, 6.45) is 6.38. The second kappa shape index (κ2) is 5.97. The van der Waals surface area contributed by atoms with Crippen LogP contribution in [0.2, 0.25) is 0 Å². The summed E-state index contributed by atoms with van der Waals surface area (Å²) >= 11 is 3.36. The van der Waals surface area contributed by atoms with E-state index in [1.165, 1.54) is 0 Å². The van der Waals surface area contributed by atoms with E-state index in [0.29, 0.717) is 0 Å². The average Bonchev–Trinajstić information content (AvgIpc) is 2.96. The van der Waals surface area contributed by atoms with Gasteiger partial charge < -0.3 is 5.32 Å². The van der Waals surface area contributed by atoms with Crippen LogP contribution in [0.15, 0.2) is 29.0 Å². The number of aromatic nitrogens is 3. The van der Waals surface area contributed by atoms with Gasteiger partial charge in [0, 0.05) is 21.9 Å². The van der Waals surface area contributed by atoms with E-state index in [9.17, 15) is 4.79 Å². The third-order valence-corrected chi connectivity index (χ3v) is 4.38. The molecule has 110 valence electrons. The van der Waals surface area contributed by atoms with Crippen LogP contribution in [-0.4, -0.2) is 21.1 Å². The maximum Gasteiger partial charge on any atom is 0.228 e. The highest BCUT2D eigenvalue weighted by atomic mass is 79.9. The van der Waals surface area contributed by atoms with Crippen molar-refractivity contribution in [3.63, 3.8) is 0 Å². The van der Waals surface area contributed by atoms with Gasteiger partial charge in [0.25, 0.3) is 0 Å². The molecular formula is C15H17BrN4O. The fourth-order valence-electron chi connectivity index (χ4n) is 2.76. The van der Waals surface area contributed by atoms with Gasteiger partial charge in [0.2, 0.25) is 5.91 Å². The number of H-pyrrole nitrogens is 1. The Hall–Kier alpha value is -1.69. The third-order valence-electron chi connectivity index (χ3n) is 3.92. The lowest BCUT2D eigenvalue weighted by molar-refractivity contribution is -0.123. The zero-order chi connectivity index (χ0) is 14.8. The maximum atomic E-state index is 12.5. The number of aryl methyl sites for hydroxylation is 1. The number of nitrogens with zero attached hydrogens (tertiary/aromatic N) is 2. The highest BCUT2D eigenvalue weighted by Gasteiger charge is 2.28. The molecule has 0 fully saturated rings. The molecule has 0 aliphatic heterocycles. The highest BCUT2D eigenvalue weighted by Crippen LogP contribution is 2.30. The van der Waals surface area contributed by atoms with Crippen molar-refractivity contribution in [2.24, 2.45) is 0 Å². The zero-order valence-corrected chi connectivity index (χ0v) is 13.4. The van der Waals surface area contributed by atoms with Crippen LogP contribution >= 0.6 is 15.9 Å². The van der Waals surface area contributed by atoms with Gasteiger partial charge >= 0.3 is 0 Å². The summed E-state index contributed by atoms with van der Waals surface area (Å²) in [7, 11) is 0. The molecular weight excluding hydrogens is 332 g/mol. The first-order valence-electron chi connectivity index (χ1n) is 7.09. The zero-order valence-electron chi connectivity index (χ0n) is 11.8. The molecule has 0 unspecified atom stereocenters. The van der Waals surface area contributed by atoms with E-state index in [2.05, 4.69) is 36.4 Å². The fourth-order valence-corrected chi connectivity index (χ4v) is 3.00. The van der Waals surface area contributed by atoms with Gasteiger partial charge in [-0.15, -0.1) is 0 Å². The van der Waals surface area contributed by atoms with Crippen molar-refractivity contribution < 1.29 is 4.79 Å². The minimum atomic E-state index is -0.108. The Labute approximate surface area is 131 Å².